The lowest BCUT2D eigenvalue weighted by Gasteiger charge is -2.39. The summed E-state index contributed by atoms with van der Waals surface area (Å²) in [5, 5.41) is 3.46. The first kappa shape index (κ1) is 24.7. The zero-order valence-corrected chi connectivity index (χ0v) is 21.1. The number of nitrogens with one attached hydrogen (secondary N) is 1. The normalized spacial score (nSPS) is 23.9. The summed E-state index contributed by atoms with van der Waals surface area (Å²) in [4.78, 5) is 13.7. The van der Waals surface area contributed by atoms with E-state index in [1.807, 2.05) is 18.7 Å². The Hall–Kier alpha value is -1.91. The highest BCUT2D eigenvalue weighted by molar-refractivity contribution is 14.0. The Labute approximate surface area is 206 Å². The van der Waals surface area contributed by atoms with Crippen LogP contribution in [-0.4, -0.2) is 59.7 Å². The van der Waals surface area contributed by atoms with Gasteiger partial charge in [-0.1, -0.05) is 6.92 Å². The van der Waals surface area contributed by atoms with E-state index in [0.717, 1.165) is 63.8 Å². The minimum absolute atomic E-state index is 0. The number of nitrogens with zero attached hydrogens (tertiary/aromatic N) is 5. The smallest absolute Gasteiger partial charge is 0.193 e. The van der Waals surface area contributed by atoms with E-state index in [-0.39, 0.29) is 24.0 Å². The molecule has 2 fully saturated rings. The van der Waals surface area contributed by atoms with Crippen molar-refractivity contribution in [3.63, 3.8) is 0 Å². The second-order valence-electron chi connectivity index (χ2n) is 8.68. The van der Waals surface area contributed by atoms with E-state index in [1.54, 1.807) is 6.07 Å². The fourth-order valence-corrected chi connectivity index (χ4v) is 4.63. The molecule has 4 rings (SSSR count). The maximum atomic E-state index is 13.6. The van der Waals surface area contributed by atoms with Crippen LogP contribution in [0.25, 0.3) is 0 Å². The third-order valence-electron chi connectivity index (χ3n) is 6.51. The second-order valence-corrected chi connectivity index (χ2v) is 8.68. The monoisotopic (exact) mass is 558 g/mol. The van der Waals surface area contributed by atoms with Crippen molar-refractivity contribution in [2.75, 3.05) is 44.2 Å². The molecule has 2 aliphatic rings. The van der Waals surface area contributed by atoms with Gasteiger partial charge >= 0.3 is 0 Å². The molecule has 2 aliphatic heterocycles. The molecule has 0 bridgehead atoms. The summed E-state index contributed by atoms with van der Waals surface area (Å²) in [6.45, 7) is 9.50. The molecule has 1 aromatic carbocycles. The summed E-state index contributed by atoms with van der Waals surface area (Å²) < 4.78 is 29.0. The van der Waals surface area contributed by atoms with Crippen LogP contribution in [0.3, 0.4) is 0 Å². The SMILES string of the molecule is CCNC(=NCC1CCN(c2ccc(F)c(F)c2)C1)N1CCC(C)C(n2ccnc2)C1.I. The molecule has 3 atom stereocenters. The Kier molecular flexibility index (Phi) is 8.72. The van der Waals surface area contributed by atoms with Crippen LogP contribution in [0.4, 0.5) is 14.5 Å². The average Bonchev–Trinajstić information content (AvgIpc) is 3.46. The van der Waals surface area contributed by atoms with Crippen LogP contribution < -0.4 is 10.2 Å². The zero-order chi connectivity index (χ0) is 21.8. The van der Waals surface area contributed by atoms with Gasteiger partial charge in [-0.3, -0.25) is 4.99 Å². The van der Waals surface area contributed by atoms with Gasteiger partial charge in [0.15, 0.2) is 17.6 Å². The van der Waals surface area contributed by atoms with Gasteiger partial charge in [0.05, 0.1) is 12.4 Å². The molecule has 2 saturated heterocycles. The maximum absolute atomic E-state index is 13.6. The first-order chi connectivity index (χ1) is 15.0. The molecule has 9 heteroatoms. The molecule has 176 valence electrons. The van der Waals surface area contributed by atoms with Gasteiger partial charge in [0.1, 0.15) is 0 Å². The topological polar surface area (TPSA) is 48.7 Å². The number of anilines is 1. The fourth-order valence-electron chi connectivity index (χ4n) is 4.63. The van der Waals surface area contributed by atoms with Crippen molar-refractivity contribution in [3.05, 3.63) is 48.6 Å². The molecule has 0 aliphatic carbocycles. The van der Waals surface area contributed by atoms with Crippen LogP contribution in [0.5, 0.6) is 0 Å². The summed E-state index contributed by atoms with van der Waals surface area (Å²) in [6, 6.07) is 4.53. The molecule has 2 aromatic rings. The molecule has 3 unspecified atom stereocenters. The molecule has 1 N–H and O–H groups in total. The number of rotatable bonds is 5. The first-order valence-electron chi connectivity index (χ1n) is 11.3. The molecular weight excluding hydrogens is 525 g/mol. The summed E-state index contributed by atoms with van der Waals surface area (Å²) in [5.74, 6) is 0.359. The zero-order valence-electron chi connectivity index (χ0n) is 18.8. The lowest BCUT2D eigenvalue weighted by atomic mass is 9.93. The van der Waals surface area contributed by atoms with E-state index in [4.69, 9.17) is 4.99 Å². The van der Waals surface area contributed by atoms with E-state index in [2.05, 4.69) is 38.5 Å². The maximum Gasteiger partial charge on any atom is 0.193 e. The highest BCUT2D eigenvalue weighted by Gasteiger charge is 2.29. The quantitative estimate of drug-likeness (QED) is 0.341. The van der Waals surface area contributed by atoms with Crippen molar-refractivity contribution in [2.24, 2.45) is 16.8 Å². The van der Waals surface area contributed by atoms with Crippen LogP contribution in [0.2, 0.25) is 0 Å². The Morgan fingerprint density at radius 1 is 1.19 bits per heavy atom. The number of benzene rings is 1. The van der Waals surface area contributed by atoms with E-state index in [9.17, 15) is 8.78 Å². The fraction of sp³-hybridized carbons (Fsp3) is 0.565. The molecule has 0 radical (unpaired) electrons. The molecule has 6 nitrogen and oxygen atoms in total. The number of imidazole rings is 1. The van der Waals surface area contributed by atoms with Gasteiger partial charge in [-0.2, -0.15) is 0 Å². The van der Waals surface area contributed by atoms with Gasteiger partial charge in [0, 0.05) is 63.4 Å². The number of likely N-dealkylation sites (tertiary alicyclic amines) is 1. The van der Waals surface area contributed by atoms with Gasteiger partial charge in [-0.25, -0.2) is 13.8 Å². The number of hydrogen-bond donors (Lipinski definition) is 1. The van der Waals surface area contributed by atoms with Crippen LogP contribution in [-0.2, 0) is 0 Å². The largest absolute Gasteiger partial charge is 0.371 e. The first-order valence-corrected chi connectivity index (χ1v) is 11.3. The lowest BCUT2D eigenvalue weighted by Crippen LogP contribution is -2.49. The van der Waals surface area contributed by atoms with E-state index in [1.165, 1.54) is 12.1 Å². The molecule has 0 spiro atoms. The number of piperidine rings is 1. The van der Waals surface area contributed by atoms with Crippen LogP contribution in [0.15, 0.2) is 41.9 Å². The highest BCUT2D eigenvalue weighted by atomic mass is 127. The van der Waals surface area contributed by atoms with Gasteiger partial charge in [-0.05, 0) is 43.7 Å². The van der Waals surface area contributed by atoms with Gasteiger partial charge < -0.3 is 19.7 Å². The summed E-state index contributed by atoms with van der Waals surface area (Å²) in [6.07, 6.45) is 7.89. The molecule has 0 saturated carbocycles. The molecule has 0 amide bonds. The van der Waals surface area contributed by atoms with Crippen molar-refractivity contribution < 1.29 is 8.78 Å². The minimum atomic E-state index is -0.802. The second kappa shape index (κ2) is 11.3. The Balaban J connectivity index is 0.00000289. The average molecular weight is 558 g/mol. The predicted molar refractivity (Wildman–Crippen MR) is 135 cm³/mol. The third kappa shape index (κ3) is 5.71. The Bertz CT molecular complexity index is 891. The van der Waals surface area contributed by atoms with E-state index >= 15 is 0 Å². The molecule has 32 heavy (non-hydrogen) atoms. The number of hydrogen-bond acceptors (Lipinski definition) is 3. The van der Waals surface area contributed by atoms with Crippen molar-refractivity contribution in [2.45, 2.75) is 32.7 Å². The van der Waals surface area contributed by atoms with Gasteiger partial charge in [-0.15, -0.1) is 24.0 Å². The standard InChI is InChI=1S/C23H32F2N6.HI/c1-3-27-23(30-9-6-17(2)22(15-30)31-11-8-26-16-31)28-13-18-7-10-29(14-18)19-4-5-20(24)21(25)12-19;/h4-5,8,11-12,16-18,22H,3,6-7,9-10,13-15H2,1-2H3,(H,27,28);1H. The number of aromatic nitrogens is 2. The van der Waals surface area contributed by atoms with Crippen molar-refractivity contribution >= 4 is 35.6 Å². The summed E-state index contributed by atoms with van der Waals surface area (Å²) >= 11 is 0. The van der Waals surface area contributed by atoms with Crippen molar-refractivity contribution in [1.29, 1.82) is 0 Å². The molecule has 3 heterocycles. The summed E-state index contributed by atoms with van der Waals surface area (Å²) in [7, 11) is 0. The van der Waals surface area contributed by atoms with E-state index < -0.39 is 11.6 Å². The van der Waals surface area contributed by atoms with Crippen molar-refractivity contribution in [3.8, 4) is 0 Å². The molecular formula is C23H33F2IN6. The highest BCUT2D eigenvalue weighted by Crippen LogP contribution is 2.28. The molecule has 1 aromatic heterocycles. The Morgan fingerprint density at radius 2 is 2.03 bits per heavy atom. The number of guanidine groups is 1. The van der Waals surface area contributed by atoms with Crippen molar-refractivity contribution in [1.82, 2.24) is 19.8 Å². The number of aliphatic imine (C=N–C) groups is 1. The predicted octanol–water partition coefficient (Wildman–Crippen LogP) is 4.15. The number of halogens is 3. The minimum Gasteiger partial charge on any atom is -0.371 e. The summed E-state index contributed by atoms with van der Waals surface area (Å²) in [5.41, 5.74) is 0.741. The van der Waals surface area contributed by atoms with Crippen LogP contribution >= 0.6 is 24.0 Å². The van der Waals surface area contributed by atoms with E-state index in [0.29, 0.717) is 17.9 Å². The van der Waals surface area contributed by atoms with Crippen LogP contribution in [0.1, 0.15) is 32.7 Å². The van der Waals surface area contributed by atoms with Gasteiger partial charge in [0.2, 0.25) is 0 Å². The van der Waals surface area contributed by atoms with Gasteiger partial charge in [0.25, 0.3) is 0 Å². The van der Waals surface area contributed by atoms with Crippen LogP contribution in [0, 0.1) is 23.5 Å². The Morgan fingerprint density at radius 3 is 2.75 bits per heavy atom. The third-order valence-corrected chi connectivity index (χ3v) is 6.51. The lowest BCUT2D eigenvalue weighted by molar-refractivity contribution is 0.189.